The second-order valence-corrected chi connectivity index (χ2v) is 6.23. The van der Waals surface area contributed by atoms with Gasteiger partial charge in [0.2, 0.25) is 0 Å². The molecule has 0 saturated carbocycles. The third-order valence-corrected chi connectivity index (χ3v) is 4.61. The number of aromatic nitrogens is 1. The van der Waals surface area contributed by atoms with Gasteiger partial charge < -0.3 is 4.84 Å². The van der Waals surface area contributed by atoms with Crippen molar-refractivity contribution >= 4 is 45.9 Å². The van der Waals surface area contributed by atoms with Crippen LogP contribution in [0, 0.1) is 10.1 Å². The van der Waals surface area contributed by atoms with Crippen molar-refractivity contribution in [3.05, 3.63) is 54.4 Å². The highest BCUT2D eigenvalue weighted by Gasteiger charge is 2.28. The maximum atomic E-state index is 10.6. The Hall–Kier alpha value is -1.70. The van der Waals surface area contributed by atoms with Crippen LogP contribution in [0.2, 0.25) is 9.62 Å². The van der Waals surface area contributed by atoms with Gasteiger partial charge in [0.15, 0.2) is 10.6 Å². The molecule has 0 amide bonds. The van der Waals surface area contributed by atoms with E-state index in [4.69, 9.17) is 28.0 Å². The first-order valence-corrected chi connectivity index (χ1v) is 7.41. The van der Waals surface area contributed by atoms with E-state index in [2.05, 4.69) is 10.1 Å². The van der Waals surface area contributed by atoms with Crippen LogP contribution in [0.3, 0.4) is 0 Å². The average Bonchev–Trinajstić information content (AvgIpc) is 3.05. The van der Waals surface area contributed by atoms with Gasteiger partial charge in [-0.25, -0.2) is 4.98 Å². The molecule has 1 unspecified atom stereocenters. The van der Waals surface area contributed by atoms with Crippen molar-refractivity contribution in [3.63, 3.8) is 0 Å². The van der Waals surface area contributed by atoms with Gasteiger partial charge in [0, 0.05) is 18.6 Å². The molecule has 0 aliphatic carbocycles. The summed E-state index contributed by atoms with van der Waals surface area (Å²) in [5.74, 6) is 0. The van der Waals surface area contributed by atoms with Crippen molar-refractivity contribution in [1.82, 2.24) is 4.98 Å². The summed E-state index contributed by atoms with van der Waals surface area (Å²) in [6.07, 6.45) is 0.184. The standard InChI is InChI=1S/C12H7Cl2N3O3S/c13-11-10(21-12(14)15-11)9-5-8(16-20-9)6-1-3-7(4-2-6)17(18)19/h1-4,9H,5H2. The van der Waals surface area contributed by atoms with Crippen LogP contribution in [-0.4, -0.2) is 15.6 Å². The van der Waals surface area contributed by atoms with E-state index in [0.717, 1.165) is 10.4 Å². The van der Waals surface area contributed by atoms with E-state index >= 15 is 0 Å². The van der Waals surface area contributed by atoms with E-state index in [9.17, 15) is 10.1 Å². The van der Waals surface area contributed by atoms with Crippen molar-refractivity contribution in [1.29, 1.82) is 0 Å². The van der Waals surface area contributed by atoms with Gasteiger partial charge in [-0.15, -0.1) is 11.3 Å². The minimum atomic E-state index is -0.446. The first-order valence-electron chi connectivity index (χ1n) is 5.84. The van der Waals surface area contributed by atoms with Crippen LogP contribution in [0.1, 0.15) is 23.0 Å². The highest BCUT2D eigenvalue weighted by molar-refractivity contribution is 7.16. The molecule has 2 heterocycles. The maximum absolute atomic E-state index is 10.6. The van der Waals surface area contributed by atoms with Crippen molar-refractivity contribution in [2.24, 2.45) is 5.16 Å². The van der Waals surface area contributed by atoms with Gasteiger partial charge in [-0.05, 0) is 17.7 Å². The van der Waals surface area contributed by atoms with Gasteiger partial charge in [0.25, 0.3) is 5.69 Å². The van der Waals surface area contributed by atoms with E-state index in [1.165, 1.54) is 23.5 Å². The molecule has 2 aromatic rings. The topological polar surface area (TPSA) is 77.6 Å². The Bertz CT molecular complexity index is 730. The Morgan fingerprint density at radius 2 is 2.05 bits per heavy atom. The average molecular weight is 344 g/mol. The minimum Gasteiger partial charge on any atom is -0.386 e. The molecule has 1 atom stereocenters. The number of benzene rings is 1. The molecular weight excluding hydrogens is 337 g/mol. The number of thiazole rings is 1. The summed E-state index contributed by atoms with van der Waals surface area (Å²) in [5, 5.41) is 15.0. The number of hydrogen-bond donors (Lipinski definition) is 0. The number of nitrogens with zero attached hydrogens (tertiary/aromatic N) is 3. The maximum Gasteiger partial charge on any atom is 0.269 e. The lowest BCUT2D eigenvalue weighted by Gasteiger charge is -2.04. The normalized spacial score (nSPS) is 17.4. The van der Waals surface area contributed by atoms with Gasteiger partial charge >= 0.3 is 0 Å². The fourth-order valence-corrected chi connectivity index (χ4v) is 3.41. The Morgan fingerprint density at radius 1 is 1.33 bits per heavy atom. The number of non-ortho nitro benzene ring substituents is 1. The molecule has 9 heteroatoms. The molecular formula is C12H7Cl2N3O3S. The van der Waals surface area contributed by atoms with E-state index in [-0.39, 0.29) is 11.8 Å². The van der Waals surface area contributed by atoms with Gasteiger partial charge in [-0.3, -0.25) is 10.1 Å². The number of oxime groups is 1. The second kappa shape index (κ2) is 5.59. The van der Waals surface area contributed by atoms with Crippen LogP contribution in [0.5, 0.6) is 0 Å². The lowest BCUT2D eigenvalue weighted by atomic mass is 10.0. The summed E-state index contributed by atoms with van der Waals surface area (Å²) in [6, 6.07) is 6.15. The molecule has 108 valence electrons. The molecule has 0 N–H and O–H groups in total. The fourth-order valence-electron chi connectivity index (χ4n) is 1.95. The predicted octanol–water partition coefficient (Wildman–Crippen LogP) is 4.22. The fraction of sp³-hybridized carbons (Fsp3) is 0.167. The van der Waals surface area contributed by atoms with Crippen molar-refractivity contribution in [2.75, 3.05) is 0 Å². The highest BCUT2D eigenvalue weighted by atomic mass is 35.5. The third-order valence-electron chi connectivity index (χ3n) is 2.96. The minimum absolute atomic E-state index is 0.0344. The quantitative estimate of drug-likeness (QED) is 0.617. The van der Waals surface area contributed by atoms with Crippen LogP contribution in [0.4, 0.5) is 5.69 Å². The zero-order chi connectivity index (χ0) is 15.0. The molecule has 1 aliphatic heterocycles. The molecule has 6 nitrogen and oxygen atoms in total. The smallest absolute Gasteiger partial charge is 0.269 e. The summed E-state index contributed by atoms with van der Waals surface area (Å²) in [7, 11) is 0. The van der Waals surface area contributed by atoms with E-state index in [0.29, 0.717) is 21.8 Å². The van der Waals surface area contributed by atoms with Gasteiger partial charge in [0.1, 0.15) is 5.15 Å². The van der Waals surface area contributed by atoms with Gasteiger partial charge in [0.05, 0.1) is 15.5 Å². The van der Waals surface area contributed by atoms with E-state index in [1.807, 2.05) is 0 Å². The largest absolute Gasteiger partial charge is 0.386 e. The molecule has 0 bridgehead atoms. The summed E-state index contributed by atoms with van der Waals surface area (Å²) in [6.45, 7) is 0. The molecule has 21 heavy (non-hydrogen) atoms. The third kappa shape index (κ3) is 2.85. The molecule has 1 aliphatic rings. The Balaban J connectivity index is 1.77. The lowest BCUT2D eigenvalue weighted by molar-refractivity contribution is -0.384. The SMILES string of the molecule is O=[N+]([O-])c1ccc(C2=NOC(c3sc(Cl)nc3Cl)C2)cc1. The summed E-state index contributed by atoms with van der Waals surface area (Å²) >= 11 is 13.0. The van der Waals surface area contributed by atoms with Crippen LogP contribution < -0.4 is 0 Å². The Labute approximate surface area is 133 Å². The van der Waals surface area contributed by atoms with Crippen LogP contribution in [0.15, 0.2) is 29.4 Å². The predicted molar refractivity (Wildman–Crippen MR) is 80.2 cm³/mol. The number of halogens is 2. The molecule has 3 rings (SSSR count). The second-order valence-electron chi connectivity index (χ2n) is 4.26. The number of nitro benzene ring substituents is 1. The van der Waals surface area contributed by atoms with Crippen LogP contribution >= 0.6 is 34.5 Å². The van der Waals surface area contributed by atoms with Gasteiger partial charge in [-0.2, -0.15) is 0 Å². The Kier molecular flexibility index (Phi) is 3.79. The van der Waals surface area contributed by atoms with Crippen molar-refractivity contribution in [3.8, 4) is 0 Å². The van der Waals surface area contributed by atoms with Crippen LogP contribution in [0.25, 0.3) is 0 Å². The summed E-state index contributed by atoms with van der Waals surface area (Å²) in [4.78, 5) is 20.2. The first kappa shape index (κ1) is 14.2. The Morgan fingerprint density at radius 3 is 2.62 bits per heavy atom. The molecule has 1 aromatic carbocycles. The molecule has 0 fully saturated rings. The van der Waals surface area contributed by atoms with Gasteiger partial charge in [-0.1, -0.05) is 28.4 Å². The lowest BCUT2D eigenvalue weighted by Crippen LogP contribution is -2.01. The zero-order valence-electron chi connectivity index (χ0n) is 10.3. The number of nitro groups is 1. The number of rotatable bonds is 3. The highest BCUT2D eigenvalue weighted by Crippen LogP contribution is 2.38. The van der Waals surface area contributed by atoms with E-state index < -0.39 is 4.92 Å². The molecule has 1 aromatic heterocycles. The summed E-state index contributed by atoms with van der Waals surface area (Å²) in [5.41, 5.74) is 1.51. The van der Waals surface area contributed by atoms with Crippen LogP contribution in [-0.2, 0) is 4.84 Å². The monoisotopic (exact) mass is 343 g/mol. The van der Waals surface area contributed by atoms with E-state index in [1.54, 1.807) is 12.1 Å². The summed E-state index contributed by atoms with van der Waals surface area (Å²) < 4.78 is 0.349. The zero-order valence-corrected chi connectivity index (χ0v) is 12.7. The van der Waals surface area contributed by atoms with Crippen molar-refractivity contribution in [2.45, 2.75) is 12.5 Å². The molecule has 0 spiro atoms. The first-order chi connectivity index (χ1) is 10.0. The number of hydrogen-bond acceptors (Lipinski definition) is 6. The molecule has 0 saturated heterocycles. The van der Waals surface area contributed by atoms with Crippen molar-refractivity contribution < 1.29 is 9.76 Å². The molecule has 0 radical (unpaired) electrons.